The Hall–Kier alpha value is -1.88. The minimum absolute atomic E-state index is 0.0728. The lowest BCUT2D eigenvalue weighted by molar-refractivity contribution is -0.121. The fourth-order valence-electron chi connectivity index (χ4n) is 3.11. The molecule has 26 heavy (non-hydrogen) atoms. The van der Waals surface area contributed by atoms with E-state index in [9.17, 15) is 23.4 Å². The van der Waals surface area contributed by atoms with E-state index in [2.05, 4.69) is 10.6 Å². The quantitative estimate of drug-likeness (QED) is 0.431. The monoisotopic (exact) mass is 386 g/mol. The topological polar surface area (TPSA) is 134 Å². The highest BCUT2D eigenvalue weighted by Gasteiger charge is 2.39. The number of sulfone groups is 1. The maximum atomic E-state index is 12.3. The van der Waals surface area contributed by atoms with Crippen LogP contribution in [0.3, 0.4) is 0 Å². The summed E-state index contributed by atoms with van der Waals surface area (Å²) in [6, 6.07) is 3.37. The molecule has 0 aliphatic carbocycles. The highest BCUT2D eigenvalue weighted by Crippen LogP contribution is 2.32. The predicted octanol–water partition coefficient (Wildman–Crippen LogP) is -1.82. The lowest BCUT2D eigenvalue weighted by atomic mass is 10.1. The van der Waals surface area contributed by atoms with Gasteiger partial charge in [0.1, 0.15) is 0 Å². The van der Waals surface area contributed by atoms with Gasteiger partial charge >= 0.3 is 0 Å². The number of aliphatic hydroxyl groups excluding tert-OH is 2. The summed E-state index contributed by atoms with van der Waals surface area (Å²) in [6.07, 6.45) is 0.0728. The van der Waals surface area contributed by atoms with Crippen molar-refractivity contribution in [2.75, 3.05) is 31.5 Å². The van der Waals surface area contributed by atoms with E-state index in [0.29, 0.717) is 11.5 Å². The van der Waals surface area contributed by atoms with E-state index in [0.717, 1.165) is 5.56 Å². The van der Waals surface area contributed by atoms with E-state index in [1.807, 2.05) is 0 Å². The first kappa shape index (κ1) is 18.9. The molecule has 9 nitrogen and oxygen atoms in total. The summed E-state index contributed by atoms with van der Waals surface area (Å²) in [5, 5.41) is 24.0. The van der Waals surface area contributed by atoms with Crippen molar-refractivity contribution in [2.45, 2.75) is 24.5 Å². The molecule has 1 fully saturated rings. The van der Waals surface area contributed by atoms with Crippen molar-refractivity contribution in [3.63, 3.8) is 0 Å². The summed E-state index contributed by atoms with van der Waals surface area (Å²) < 4.78 is 34.4. The summed E-state index contributed by atoms with van der Waals surface area (Å²) >= 11 is 0. The van der Waals surface area contributed by atoms with Gasteiger partial charge in [-0.05, 0) is 17.7 Å². The van der Waals surface area contributed by atoms with Crippen molar-refractivity contribution in [3.05, 3.63) is 23.8 Å². The largest absolute Gasteiger partial charge is 0.454 e. The second kappa shape index (κ2) is 7.78. The molecule has 1 aromatic rings. The second-order valence-corrected chi connectivity index (χ2v) is 8.60. The summed E-state index contributed by atoms with van der Waals surface area (Å²) in [5.74, 6) is 0.549. The zero-order chi connectivity index (χ0) is 18.7. The molecule has 0 bridgehead atoms. The number of amides is 1. The molecule has 10 heteroatoms. The first-order valence-electron chi connectivity index (χ1n) is 8.26. The summed E-state index contributed by atoms with van der Waals surface area (Å²) in [5.41, 5.74) is 0.723. The van der Waals surface area contributed by atoms with Gasteiger partial charge in [-0.2, -0.15) is 0 Å². The molecular formula is C16H22N2O7S. The number of hydrogen-bond donors (Lipinski definition) is 4. The van der Waals surface area contributed by atoms with Crippen LogP contribution >= 0.6 is 0 Å². The molecule has 1 aromatic carbocycles. The molecule has 1 saturated heterocycles. The molecule has 144 valence electrons. The van der Waals surface area contributed by atoms with Gasteiger partial charge in [0, 0.05) is 6.04 Å². The van der Waals surface area contributed by atoms with E-state index >= 15 is 0 Å². The number of hydrogen-bond acceptors (Lipinski definition) is 8. The van der Waals surface area contributed by atoms with Crippen LogP contribution in [0.5, 0.6) is 11.5 Å². The lowest BCUT2D eigenvalue weighted by Gasteiger charge is -2.24. The average Bonchev–Trinajstić information content (AvgIpc) is 3.15. The summed E-state index contributed by atoms with van der Waals surface area (Å²) in [6.45, 7) is -0.509. The van der Waals surface area contributed by atoms with E-state index in [4.69, 9.17) is 9.47 Å². The fourth-order valence-corrected chi connectivity index (χ4v) is 4.99. The van der Waals surface area contributed by atoms with Crippen molar-refractivity contribution in [1.82, 2.24) is 10.6 Å². The van der Waals surface area contributed by atoms with Crippen LogP contribution in [0.25, 0.3) is 0 Å². The predicted molar refractivity (Wildman–Crippen MR) is 91.7 cm³/mol. The van der Waals surface area contributed by atoms with Crippen LogP contribution in [0, 0.1) is 0 Å². The van der Waals surface area contributed by atoms with Crippen LogP contribution < -0.4 is 20.1 Å². The van der Waals surface area contributed by atoms with Gasteiger partial charge in [0.15, 0.2) is 21.3 Å². The van der Waals surface area contributed by atoms with Gasteiger partial charge in [0.25, 0.3) is 0 Å². The Kier molecular flexibility index (Phi) is 5.66. The number of fused-ring (bicyclic) bond motifs is 1. The summed E-state index contributed by atoms with van der Waals surface area (Å²) in [4.78, 5) is 12.3. The molecule has 0 saturated carbocycles. The minimum Gasteiger partial charge on any atom is -0.454 e. The second-order valence-electron chi connectivity index (χ2n) is 6.45. The van der Waals surface area contributed by atoms with Crippen LogP contribution in [-0.4, -0.2) is 74.2 Å². The molecule has 0 unspecified atom stereocenters. The SMILES string of the molecule is O=C(Cc1ccc2c(c1)OCO2)N[C@H]1CS(=O)(=O)C[C@H]1NC(CO)CO. The van der Waals surface area contributed by atoms with Crippen LogP contribution in [0.4, 0.5) is 0 Å². The van der Waals surface area contributed by atoms with Crippen molar-refractivity contribution >= 4 is 15.7 Å². The first-order chi connectivity index (χ1) is 12.4. The van der Waals surface area contributed by atoms with E-state index in [-0.39, 0.29) is 43.8 Å². The van der Waals surface area contributed by atoms with Crippen molar-refractivity contribution in [2.24, 2.45) is 0 Å². The van der Waals surface area contributed by atoms with Crippen molar-refractivity contribution in [1.29, 1.82) is 0 Å². The van der Waals surface area contributed by atoms with Gasteiger partial charge in [0.05, 0.1) is 43.2 Å². The normalized spacial score (nSPS) is 23.3. The molecule has 3 rings (SSSR count). The number of nitrogens with one attached hydrogen (secondary N) is 2. The van der Waals surface area contributed by atoms with Gasteiger partial charge in [-0.15, -0.1) is 0 Å². The number of ether oxygens (including phenoxy) is 2. The smallest absolute Gasteiger partial charge is 0.231 e. The van der Waals surface area contributed by atoms with Gasteiger partial charge < -0.3 is 30.3 Å². The molecule has 2 aliphatic rings. The molecule has 2 heterocycles. The van der Waals surface area contributed by atoms with E-state index in [1.165, 1.54) is 0 Å². The average molecular weight is 386 g/mol. The zero-order valence-electron chi connectivity index (χ0n) is 14.1. The number of carbonyl (C=O) groups excluding carboxylic acids is 1. The van der Waals surface area contributed by atoms with Gasteiger partial charge in [-0.3, -0.25) is 4.79 Å². The third kappa shape index (κ3) is 4.44. The third-order valence-electron chi connectivity index (χ3n) is 4.39. The van der Waals surface area contributed by atoms with Crippen LogP contribution in [0.15, 0.2) is 18.2 Å². The van der Waals surface area contributed by atoms with Gasteiger partial charge in [-0.1, -0.05) is 6.07 Å². The van der Waals surface area contributed by atoms with Crippen LogP contribution in [0.1, 0.15) is 5.56 Å². The number of benzene rings is 1. The van der Waals surface area contributed by atoms with E-state index < -0.39 is 28.0 Å². The molecule has 2 atom stereocenters. The zero-order valence-corrected chi connectivity index (χ0v) is 14.9. The van der Waals surface area contributed by atoms with Gasteiger partial charge in [0.2, 0.25) is 12.7 Å². The molecule has 2 aliphatic heterocycles. The Morgan fingerprint density at radius 1 is 1.15 bits per heavy atom. The Balaban J connectivity index is 1.62. The van der Waals surface area contributed by atoms with Crippen molar-refractivity contribution in [3.8, 4) is 11.5 Å². The van der Waals surface area contributed by atoms with Crippen LogP contribution in [0.2, 0.25) is 0 Å². The Bertz CT molecular complexity index is 764. The Morgan fingerprint density at radius 2 is 1.85 bits per heavy atom. The maximum Gasteiger partial charge on any atom is 0.231 e. The Morgan fingerprint density at radius 3 is 2.58 bits per heavy atom. The fraction of sp³-hybridized carbons (Fsp3) is 0.562. The van der Waals surface area contributed by atoms with E-state index in [1.54, 1.807) is 18.2 Å². The molecule has 4 N–H and O–H groups in total. The Labute approximate surface area is 151 Å². The highest BCUT2D eigenvalue weighted by atomic mass is 32.2. The molecule has 1 amide bonds. The molecule has 0 aromatic heterocycles. The standard InChI is InChI=1S/C16H22N2O7S/c19-5-11(6-20)17-12-7-26(22,23)8-13(12)18-16(21)4-10-1-2-14-15(3-10)25-9-24-14/h1-3,11-13,17,19-20H,4-9H2,(H,18,21)/t12-,13+/m1/s1. The highest BCUT2D eigenvalue weighted by molar-refractivity contribution is 7.91. The minimum atomic E-state index is -3.31. The molecule has 0 spiro atoms. The lowest BCUT2D eigenvalue weighted by Crippen LogP contribution is -2.54. The number of rotatable bonds is 7. The third-order valence-corrected chi connectivity index (χ3v) is 6.13. The van der Waals surface area contributed by atoms with Crippen LogP contribution in [-0.2, 0) is 21.1 Å². The molecule has 0 radical (unpaired) electrons. The van der Waals surface area contributed by atoms with Crippen molar-refractivity contribution < 1.29 is 32.9 Å². The van der Waals surface area contributed by atoms with Gasteiger partial charge in [-0.25, -0.2) is 8.42 Å². The number of aliphatic hydroxyl groups is 2. The number of carbonyl (C=O) groups is 1. The first-order valence-corrected chi connectivity index (χ1v) is 10.1. The summed E-state index contributed by atoms with van der Waals surface area (Å²) in [7, 11) is -3.31. The molecular weight excluding hydrogens is 364 g/mol. The maximum absolute atomic E-state index is 12.3.